The Balaban J connectivity index is 2.35. The second-order valence-electron chi connectivity index (χ2n) is 4.18. The van der Waals surface area contributed by atoms with Crippen molar-refractivity contribution in [1.29, 1.82) is 0 Å². The van der Waals surface area contributed by atoms with Crippen LogP contribution in [0.15, 0.2) is 18.2 Å². The third-order valence-electron chi connectivity index (χ3n) is 3.04. The fourth-order valence-electron chi connectivity index (χ4n) is 1.78. The van der Waals surface area contributed by atoms with E-state index in [1.165, 1.54) is 0 Å². The number of carbonyl (C=O) groups excluding carboxylic acids is 1. The Hall–Kier alpha value is -1.39. The fraction of sp³-hybridized carbons (Fsp3) is 0.417. The molecule has 92 valence electrons. The third-order valence-corrected chi connectivity index (χ3v) is 3.04. The third kappa shape index (κ3) is 2.33. The molecule has 0 N–H and O–H groups in total. The minimum atomic E-state index is -4.55. The monoisotopic (exact) mass is 246 g/mol. The summed E-state index contributed by atoms with van der Waals surface area (Å²) >= 11 is 0. The van der Waals surface area contributed by atoms with E-state index in [-0.39, 0.29) is 5.92 Å². The number of carbonyl (C=O) groups is 1. The average molecular weight is 246 g/mol. The highest BCUT2D eigenvalue weighted by Gasteiger charge is 2.34. The minimum Gasteiger partial charge on any atom is -0.294 e. The van der Waals surface area contributed by atoms with Crippen molar-refractivity contribution in [3.63, 3.8) is 0 Å². The van der Waals surface area contributed by atoms with Crippen molar-refractivity contribution in [3.8, 4) is 0 Å². The van der Waals surface area contributed by atoms with Crippen LogP contribution in [0.5, 0.6) is 0 Å². The quantitative estimate of drug-likeness (QED) is 0.572. The molecule has 0 saturated heterocycles. The van der Waals surface area contributed by atoms with Crippen LogP contribution in [0.1, 0.15) is 35.2 Å². The topological polar surface area (TPSA) is 17.1 Å². The highest BCUT2D eigenvalue weighted by atomic mass is 19.4. The fourth-order valence-corrected chi connectivity index (χ4v) is 1.78. The number of ketones is 1. The maximum absolute atomic E-state index is 13.3. The van der Waals surface area contributed by atoms with Gasteiger partial charge in [0.05, 0.1) is 11.1 Å². The van der Waals surface area contributed by atoms with Crippen molar-refractivity contribution in [3.05, 3.63) is 35.1 Å². The zero-order valence-corrected chi connectivity index (χ0v) is 8.85. The number of rotatable bonds is 2. The molecule has 0 heterocycles. The summed E-state index contributed by atoms with van der Waals surface area (Å²) in [5.41, 5.74) is -1.42. The van der Waals surface area contributed by atoms with E-state index in [4.69, 9.17) is 0 Å². The number of hydrogen-bond donors (Lipinski definition) is 0. The Kier molecular flexibility index (Phi) is 2.93. The first-order valence-corrected chi connectivity index (χ1v) is 5.30. The molecule has 5 heteroatoms. The molecule has 0 aliphatic heterocycles. The van der Waals surface area contributed by atoms with E-state index in [0.717, 1.165) is 6.42 Å². The van der Waals surface area contributed by atoms with E-state index in [2.05, 4.69) is 0 Å². The van der Waals surface area contributed by atoms with Gasteiger partial charge in [-0.1, -0.05) is 6.42 Å². The lowest BCUT2D eigenvalue weighted by Gasteiger charge is -2.24. The van der Waals surface area contributed by atoms with Crippen molar-refractivity contribution in [1.82, 2.24) is 0 Å². The van der Waals surface area contributed by atoms with E-state index in [0.29, 0.717) is 31.0 Å². The van der Waals surface area contributed by atoms with Crippen LogP contribution in [-0.2, 0) is 6.18 Å². The van der Waals surface area contributed by atoms with Gasteiger partial charge in [-0.3, -0.25) is 4.79 Å². The molecule has 0 spiro atoms. The molecular weight excluding hydrogens is 236 g/mol. The van der Waals surface area contributed by atoms with Gasteiger partial charge >= 0.3 is 6.18 Å². The average Bonchev–Trinajstić information content (AvgIpc) is 2.13. The Morgan fingerprint density at radius 1 is 1.24 bits per heavy atom. The molecule has 1 aromatic rings. The van der Waals surface area contributed by atoms with Gasteiger partial charge in [-0.15, -0.1) is 0 Å². The van der Waals surface area contributed by atoms with Crippen molar-refractivity contribution >= 4 is 5.78 Å². The summed E-state index contributed by atoms with van der Waals surface area (Å²) in [6, 6.07) is 1.96. The van der Waals surface area contributed by atoms with Crippen LogP contribution in [-0.4, -0.2) is 5.78 Å². The van der Waals surface area contributed by atoms with Gasteiger partial charge in [-0.2, -0.15) is 13.2 Å². The van der Waals surface area contributed by atoms with Crippen LogP contribution in [0.4, 0.5) is 17.6 Å². The molecule has 1 fully saturated rings. The second kappa shape index (κ2) is 4.13. The molecule has 1 aliphatic rings. The Bertz CT molecular complexity index is 446. The van der Waals surface area contributed by atoms with Crippen LogP contribution in [0, 0.1) is 11.7 Å². The largest absolute Gasteiger partial charge is 0.416 e. The summed E-state index contributed by atoms with van der Waals surface area (Å²) in [6.45, 7) is 0. The van der Waals surface area contributed by atoms with Gasteiger partial charge in [0.2, 0.25) is 0 Å². The predicted molar refractivity (Wildman–Crippen MR) is 53.1 cm³/mol. The Morgan fingerprint density at radius 3 is 2.35 bits per heavy atom. The highest BCUT2D eigenvalue weighted by molar-refractivity contribution is 5.98. The van der Waals surface area contributed by atoms with Gasteiger partial charge in [-0.05, 0) is 31.0 Å². The standard InChI is InChI=1S/C12H10F4O/c13-10-5-4-8(12(14,15)16)6-9(10)11(17)7-2-1-3-7/h4-7H,1-3H2. The minimum absolute atomic E-state index is 0.312. The summed E-state index contributed by atoms with van der Waals surface area (Å²) in [7, 11) is 0. The zero-order valence-electron chi connectivity index (χ0n) is 8.85. The molecular formula is C12H10F4O. The summed E-state index contributed by atoms with van der Waals surface area (Å²) in [5.74, 6) is -1.71. The second-order valence-corrected chi connectivity index (χ2v) is 4.18. The van der Waals surface area contributed by atoms with Gasteiger partial charge in [0.25, 0.3) is 0 Å². The van der Waals surface area contributed by atoms with E-state index in [1.807, 2.05) is 0 Å². The number of halogens is 4. The van der Waals surface area contributed by atoms with Gasteiger partial charge < -0.3 is 0 Å². The maximum Gasteiger partial charge on any atom is 0.416 e. The van der Waals surface area contributed by atoms with Gasteiger partial charge in [0.15, 0.2) is 5.78 Å². The number of benzene rings is 1. The first-order chi connectivity index (χ1) is 7.89. The van der Waals surface area contributed by atoms with Crippen LogP contribution in [0.2, 0.25) is 0 Å². The van der Waals surface area contributed by atoms with E-state index in [1.54, 1.807) is 0 Å². The van der Waals surface area contributed by atoms with Crippen LogP contribution >= 0.6 is 0 Å². The van der Waals surface area contributed by atoms with Gasteiger partial charge in [0, 0.05) is 5.92 Å². The van der Waals surface area contributed by atoms with Crippen LogP contribution in [0.25, 0.3) is 0 Å². The molecule has 1 aromatic carbocycles. The molecule has 0 radical (unpaired) electrons. The predicted octanol–water partition coefficient (Wildman–Crippen LogP) is 3.83. The van der Waals surface area contributed by atoms with Crippen molar-refractivity contribution in [2.75, 3.05) is 0 Å². The smallest absolute Gasteiger partial charge is 0.294 e. The lowest BCUT2D eigenvalue weighted by atomic mass is 9.79. The summed E-state index contributed by atoms with van der Waals surface area (Å²) in [5, 5.41) is 0. The SMILES string of the molecule is O=C(c1cc(C(F)(F)F)ccc1F)C1CCC1. The van der Waals surface area contributed by atoms with Gasteiger partial charge in [-0.25, -0.2) is 4.39 Å². The van der Waals surface area contributed by atoms with Gasteiger partial charge in [0.1, 0.15) is 5.82 Å². The molecule has 0 amide bonds. The summed E-state index contributed by atoms with van der Waals surface area (Å²) in [4.78, 5) is 11.7. The normalized spacial score (nSPS) is 16.7. The lowest BCUT2D eigenvalue weighted by Crippen LogP contribution is -2.23. The first kappa shape index (κ1) is 12.1. The molecule has 0 atom stereocenters. The molecule has 1 saturated carbocycles. The zero-order chi connectivity index (χ0) is 12.6. The molecule has 1 nitrogen and oxygen atoms in total. The number of alkyl halides is 3. The molecule has 1 aliphatic carbocycles. The van der Waals surface area contributed by atoms with Crippen molar-refractivity contribution < 1.29 is 22.4 Å². The van der Waals surface area contributed by atoms with Crippen LogP contribution < -0.4 is 0 Å². The Morgan fingerprint density at radius 2 is 1.88 bits per heavy atom. The van der Waals surface area contributed by atoms with Crippen LogP contribution in [0.3, 0.4) is 0 Å². The Labute approximate surface area is 95.4 Å². The number of hydrogen-bond acceptors (Lipinski definition) is 1. The van der Waals surface area contributed by atoms with E-state index in [9.17, 15) is 22.4 Å². The molecule has 2 rings (SSSR count). The summed E-state index contributed by atoms with van der Waals surface area (Å²) < 4.78 is 50.6. The molecule has 17 heavy (non-hydrogen) atoms. The maximum atomic E-state index is 13.3. The first-order valence-electron chi connectivity index (χ1n) is 5.30. The molecule has 0 unspecified atom stereocenters. The molecule has 0 aromatic heterocycles. The number of Topliss-reactive ketones (excluding diaryl/α,β-unsaturated/α-hetero) is 1. The van der Waals surface area contributed by atoms with Crippen molar-refractivity contribution in [2.45, 2.75) is 25.4 Å². The van der Waals surface area contributed by atoms with E-state index < -0.39 is 28.9 Å². The van der Waals surface area contributed by atoms with E-state index >= 15 is 0 Å². The van der Waals surface area contributed by atoms with Crippen molar-refractivity contribution in [2.24, 2.45) is 5.92 Å². The summed E-state index contributed by atoms with van der Waals surface area (Å²) in [6.07, 6.45) is -2.41. The highest BCUT2D eigenvalue weighted by Crippen LogP contribution is 2.34. The lowest BCUT2D eigenvalue weighted by molar-refractivity contribution is -0.137. The molecule has 0 bridgehead atoms.